The molecule has 1 rings (SSSR count). The molecule has 0 N–H and O–H groups in total. The van der Waals surface area contributed by atoms with Crippen LogP contribution < -0.4 is 0 Å². The zero-order chi connectivity index (χ0) is 11.3. The van der Waals surface area contributed by atoms with Gasteiger partial charge in [-0.25, -0.2) is 0 Å². The molecular formula is C12H17NO2. The Morgan fingerprint density at radius 1 is 1.33 bits per heavy atom. The quantitative estimate of drug-likeness (QED) is 0.706. The van der Waals surface area contributed by atoms with Crippen molar-refractivity contribution >= 4 is 5.97 Å². The van der Waals surface area contributed by atoms with E-state index in [9.17, 15) is 4.79 Å². The van der Waals surface area contributed by atoms with Gasteiger partial charge in [-0.05, 0) is 19.7 Å². The average molecular weight is 207 g/mol. The van der Waals surface area contributed by atoms with E-state index in [1.807, 2.05) is 49.3 Å². The summed E-state index contributed by atoms with van der Waals surface area (Å²) in [5, 5.41) is 0. The highest BCUT2D eigenvalue weighted by Gasteiger charge is 2.17. The number of hydrogen-bond donors (Lipinski definition) is 0. The summed E-state index contributed by atoms with van der Waals surface area (Å²) in [6.45, 7) is 0. The first-order chi connectivity index (χ1) is 7.15. The van der Waals surface area contributed by atoms with E-state index in [1.54, 1.807) is 0 Å². The van der Waals surface area contributed by atoms with Crippen LogP contribution in [0.25, 0.3) is 0 Å². The SMILES string of the molecule is COC(=O)CC(c1ccccc1)N(C)C. The van der Waals surface area contributed by atoms with Crippen LogP contribution in [0.5, 0.6) is 0 Å². The van der Waals surface area contributed by atoms with E-state index in [0.29, 0.717) is 6.42 Å². The fraction of sp³-hybridized carbons (Fsp3) is 0.417. The van der Waals surface area contributed by atoms with Crippen molar-refractivity contribution in [1.29, 1.82) is 0 Å². The Kier molecular flexibility index (Phi) is 4.31. The standard InChI is InChI=1S/C12H17NO2/c1-13(2)11(9-12(14)15-3)10-7-5-4-6-8-10/h4-8,11H,9H2,1-3H3. The molecule has 0 radical (unpaired) electrons. The first kappa shape index (κ1) is 11.7. The van der Waals surface area contributed by atoms with Gasteiger partial charge in [0.25, 0.3) is 0 Å². The van der Waals surface area contributed by atoms with Crippen LogP contribution in [-0.4, -0.2) is 32.1 Å². The summed E-state index contributed by atoms with van der Waals surface area (Å²) >= 11 is 0. The van der Waals surface area contributed by atoms with E-state index in [1.165, 1.54) is 7.11 Å². The molecule has 0 aliphatic heterocycles. The zero-order valence-electron chi connectivity index (χ0n) is 9.43. The van der Waals surface area contributed by atoms with E-state index in [-0.39, 0.29) is 12.0 Å². The van der Waals surface area contributed by atoms with Crippen molar-refractivity contribution in [3.63, 3.8) is 0 Å². The van der Waals surface area contributed by atoms with Gasteiger partial charge >= 0.3 is 5.97 Å². The molecule has 1 unspecified atom stereocenters. The van der Waals surface area contributed by atoms with E-state index < -0.39 is 0 Å². The van der Waals surface area contributed by atoms with Crippen LogP contribution in [0.3, 0.4) is 0 Å². The lowest BCUT2D eigenvalue weighted by atomic mass is 10.0. The third-order valence-electron chi connectivity index (χ3n) is 2.40. The van der Waals surface area contributed by atoms with Crippen molar-refractivity contribution < 1.29 is 9.53 Å². The molecule has 0 fully saturated rings. The van der Waals surface area contributed by atoms with Gasteiger partial charge in [0, 0.05) is 6.04 Å². The number of ether oxygens (including phenoxy) is 1. The fourth-order valence-electron chi connectivity index (χ4n) is 1.51. The molecule has 82 valence electrons. The summed E-state index contributed by atoms with van der Waals surface area (Å²) in [5.74, 6) is -0.183. The van der Waals surface area contributed by atoms with E-state index in [2.05, 4.69) is 4.74 Å². The number of esters is 1. The third-order valence-corrected chi connectivity index (χ3v) is 2.40. The topological polar surface area (TPSA) is 29.5 Å². The van der Waals surface area contributed by atoms with Gasteiger partial charge in [0.05, 0.1) is 13.5 Å². The third kappa shape index (κ3) is 3.36. The normalized spacial score (nSPS) is 12.5. The zero-order valence-corrected chi connectivity index (χ0v) is 9.43. The highest BCUT2D eigenvalue weighted by molar-refractivity contribution is 5.70. The summed E-state index contributed by atoms with van der Waals surface area (Å²) in [4.78, 5) is 13.3. The Bertz CT molecular complexity index is 309. The van der Waals surface area contributed by atoms with Gasteiger partial charge < -0.3 is 9.64 Å². The number of rotatable bonds is 4. The van der Waals surface area contributed by atoms with Crippen molar-refractivity contribution in [2.24, 2.45) is 0 Å². The molecule has 1 aromatic rings. The van der Waals surface area contributed by atoms with Gasteiger partial charge in [-0.3, -0.25) is 4.79 Å². The second-order valence-corrected chi connectivity index (χ2v) is 3.67. The average Bonchev–Trinajstić information content (AvgIpc) is 2.26. The van der Waals surface area contributed by atoms with Gasteiger partial charge in [0.2, 0.25) is 0 Å². The second-order valence-electron chi connectivity index (χ2n) is 3.67. The van der Waals surface area contributed by atoms with Gasteiger partial charge in [-0.2, -0.15) is 0 Å². The molecule has 0 heterocycles. The van der Waals surface area contributed by atoms with Crippen LogP contribution in [-0.2, 0) is 9.53 Å². The molecule has 0 saturated carbocycles. The maximum absolute atomic E-state index is 11.3. The van der Waals surface area contributed by atoms with Crippen LogP contribution in [0.1, 0.15) is 18.0 Å². The molecule has 1 aromatic carbocycles. The highest BCUT2D eigenvalue weighted by atomic mass is 16.5. The lowest BCUT2D eigenvalue weighted by molar-refractivity contribution is -0.141. The lowest BCUT2D eigenvalue weighted by Crippen LogP contribution is -2.23. The monoisotopic (exact) mass is 207 g/mol. The molecule has 0 bridgehead atoms. The molecule has 0 aliphatic rings. The fourth-order valence-corrected chi connectivity index (χ4v) is 1.51. The van der Waals surface area contributed by atoms with Crippen molar-refractivity contribution in [2.75, 3.05) is 21.2 Å². The first-order valence-corrected chi connectivity index (χ1v) is 4.93. The number of benzene rings is 1. The van der Waals surface area contributed by atoms with Crippen molar-refractivity contribution in [2.45, 2.75) is 12.5 Å². The summed E-state index contributed by atoms with van der Waals surface area (Å²) in [7, 11) is 5.33. The number of carbonyl (C=O) groups is 1. The second kappa shape index (κ2) is 5.51. The number of methoxy groups -OCH3 is 1. The van der Waals surface area contributed by atoms with Gasteiger partial charge in [-0.15, -0.1) is 0 Å². The maximum Gasteiger partial charge on any atom is 0.307 e. The van der Waals surface area contributed by atoms with Crippen molar-refractivity contribution in [3.8, 4) is 0 Å². The van der Waals surface area contributed by atoms with E-state index in [0.717, 1.165) is 5.56 Å². The summed E-state index contributed by atoms with van der Waals surface area (Å²) in [6, 6.07) is 10.0. The lowest BCUT2D eigenvalue weighted by Gasteiger charge is -2.23. The minimum absolute atomic E-state index is 0.0821. The smallest absolute Gasteiger partial charge is 0.307 e. The molecule has 15 heavy (non-hydrogen) atoms. The highest BCUT2D eigenvalue weighted by Crippen LogP contribution is 2.21. The van der Waals surface area contributed by atoms with Crippen molar-refractivity contribution in [1.82, 2.24) is 4.90 Å². The molecule has 0 spiro atoms. The van der Waals surface area contributed by atoms with Gasteiger partial charge in [-0.1, -0.05) is 30.3 Å². The largest absolute Gasteiger partial charge is 0.469 e. The Balaban J connectivity index is 2.79. The summed E-state index contributed by atoms with van der Waals surface area (Å²) in [5.41, 5.74) is 1.13. The molecular weight excluding hydrogens is 190 g/mol. The molecule has 0 aromatic heterocycles. The van der Waals surface area contributed by atoms with E-state index in [4.69, 9.17) is 0 Å². The number of hydrogen-bond acceptors (Lipinski definition) is 3. The minimum atomic E-state index is -0.183. The van der Waals surface area contributed by atoms with E-state index >= 15 is 0 Å². The molecule has 0 aliphatic carbocycles. The molecule has 0 saturated heterocycles. The Labute approximate surface area is 90.7 Å². The molecule has 3 nitrogen and oxygen atoms in total. The predicted molar refractivity (Wildman–Crippen MR) is 59.5 cm³/mol. The van der Waals surface area contributed by atoms with Crippen molar-refractivity contribution in [3.05, 3.63) is 35.9 Å². The van der Waals surface area contributed by atoms with Crippen LogP contribution in [0.2, 0.25) is 0 Å². The van der Waals surface area contributed by atoms with Gasteiger partial charge in [0.1, 0.15) is 0 Å². The molecule has 1 atom stereocenters. The Morgan fingerprint density at radius 2 is 1.93 bits per heavy atom. The molecule has 0 amide bonds. The maximum atomic E-state index is 11.3. The van der Waals surface area contributed by atoms with Crippen LogP contribution >= 0.6 is 0 Å². The first-order valence-electron chi connectivity index (χ1n) is 4.93. The van der Waals surface area contributed by atoms with Crippen LogP contribution in [0, 0.1) is 0 Å². The summed E-state index contributed by atoms with van der Waals surface area (Å²) in [6.07, 6.45) is 0.382. The van der Waals surface area contributed by atoms with Crippen LogP contribution in [0.4, 0.5) is 0 Å². The number of nitrogens with zero attached hydrogens (tertiary/aromatic N) is 1. The van der Waals surface area contributed by atoms with Gasteiger partial charge in [0.15, 0.2) is 0 Å². The number of carbonyl (C=O) groups excluding carboxylic acids is 1. The predicted octanol–water partition coefficient (Wildman–Crippen LogP) is 1.85. The minimum Gasteiger partial charge on any atom is -0.469 e. The Hall–Kier alpha value is -1.35. The molecule has 3 heteroatoms. The van der Waals surface area contributed by atoms with Crippen LogP contribution in [0.15, 0.2) is 30.3 Å². The summed E-state index contributed by atoms with van der Waals surface area (Å²) < 4.78 is 4.69. The Morgan fingerprint density at radius 3 is 2.40 bits per heavy atom.